The first kappa shape index (κ1) is 15.6. The Kier molecular flexibility index (Phi) is 5.20. The molecule has 0 saturated carbocycles. The quantitative estimate of drug-likeness (QED) is 0.766. The van der Waals surface area contributed by atoms with Gasteiger partial charge in [-0.1, -0.05) is 12.1 Å². The van der Waals surface area contributed by atoms with E-state index in [2.05, 4.69) is 39.9 Å². The van der Waals surface area contributed by atoms with Gasteiger partial charge in [0.1, 0.15) is 5.82 Å². The summed E-state index contributed by atoms with van der Waals surface area (Å²) < 4.78 is 13.1. The number of hydrogen-bond donors (Lipinski definition) is 3. The van der Waals surface area contributed by atoms with Crippen LogP contribution in [0.2, 0.25) is 0 Å². The predicted molar refractivity (Wildman–Crippen MR) is 89.3 cm³/mol. The zero-order valence-electron chi connectivity index (χ0n) is 12.7. The van der Waals surface area contributed by atoms with Gasteiger partial charge in [0.2, 0.25) is 0 Å². The zero-order chi connectivity index (χ0) is 15.4. The van der Waals surface area contributed by atoms with Crippen molar-refractivity contribution in [2.45, 2.75) is 25.4 Å². The van der Waals surface area contributed by atoms with E-state index in [0.717, 1.165) is 25.1 Å². The minimum atomic E-state index is -0.186. The topological polar surface area (TPSA) is 36.1 Å². The summed E-state index contributed by atoms with van der Waals surface area (Å²) in [7, 11) is 0. The Balaban J connectivity index is 1.53. The molecule has 22 heavy (non-hydrogen) atoms. The van der Waals surface area contributed by atoms with Crippen molar-refractivity contribution in [3.63, 3.8) is 0 Å². The monoisotopic (exact) mass is 319 g/mol. The lowest BCUT2D eigenvalue weighted by Gasteiger charge is -2.22. The molecule has 118 valence electrons. The summed E-state index contributed by atoms with van der Waals surface area (Å²) in [5.41, 5.74) is 9.04. The molecule has 2 aromatic rings. The van der Waals surface area contributed by atoms with Crippen LogP contribution in [0.3, 0.4) is 0 Å². The second kappa shape index (κ2) is 7.33. The minimum Gasteiger partial charge on any atom is -0.314 e. The maximum atomic E-state index is 13.1. The highest BCUT2D eigenvalue weighted by atomic mass is 32.1. The largest absolute Gasteiger partial charge is 0.314 e. The minimum absolute atomic E-state index is 0.186. The average Bonchev–Trinajstić information content (AvgIpc) is 3.17. The summed E-state index contributed by atoms with van der Waals surface area (Å²) in [6.45, 7) is 4.08. The van der Waals surface area contributed by atoms with Gasteiger partial charge in [-0.2, -0.15) is 11.3 Å². The number of rotatable bonds is 6. The Bertz CT molecular complexity index is 570. The van der Waals surface area contributed by atoms with Gasteiger partial charge in [-0.25, -0.2) is 9.82 Å². The van der Waals surface area contributed by atoms with E-state index in [9.17, 15) is 4.39 Å². The molecule has 0 bridgehead atoms. The van der Waals surface area contributed by atoms with E-state index in [-0.39, 0.29) is 11.9 Å². The fourth-order valence-electron chi connectivity index (χ4n) is 2.94. The van der Waals surface area contributed by atoms with E-state index in [1.165, 1.54) is 17.7 Å². The number of nitrogens with one attached hydrogen (secondary N) is 3. The smallest absolute Gasteiger partial charge is 0.123 e. The standard InChI is InChI=1S/C17H22FN3S/c1-12(8-13-6-7-22-11-13)19-9-15-10-20-21-17(15)14-2-4-16(18)5-3-14/h2-7,11-12,15,17,19-21H,8-10H2,1H3. The van der Waals surface area contributed by atoms with Crippen molar-refractivity contribution in [1.82, 2.24) is 16.2 Å². The van der Waals surface area contributed by atoms with Crippen molar-refractivity contribution in [3.05, 3.63) is 58.0 Å². The summed E-state index contributed by atoms with van der Waals surface area (Å²) in [6, 6.07) is 9.63. The molecule has 1 aliphatic heterocycles. The second-order valence-electron chi connectivity index (χ2n) is 5.96. The van der Waals surface area contributed by atoms with E-state index >= 15 is 0 Å². The van der Waals surface area contributed by atoms with Crippen LogP contribution in [-0.2, 0) is 6.42 Å². The van der Waals surface area contributed by atoms with Crippen LogP contribution in [0.25, 0.3) is 0 Å². The van der Waals surface area contributed by atoms with Crippen molar-refractivity contribution < 1.29 is 4.39 Å². The SMILES string of the molecule is CC(Cc1ccsc1)NCC1CNNC1c1ccc(F)cc1. The van der Waals surface area contributed by atoms with Gasteiger partial charge in [-0.3, -0.25) is 5.43 Å². The van der Waals surface area contributed by atoms with Crippen LogP contribution in [0.5, 0.6) is 0 Å². The van der Waals surface area contributed by atoms with E-state index in [0.29, 0.717) is 12.0 Å². The third-order valence-electron chi connectivity index (χ3n) is 4.17. The molecule has 1 fully saturated rings. The molecule has 1 aromatic carbocycles. The van der Waals surface area contributed by atoms with E-state index in [1.54, 1.807) is 11.3 Å². The highest BCUT2D eigenvalue weighted by molar-refractivity contribution is 7.07. The summed E-state index contributed by atoms with van der Waals surface area (Å²) in [4.78, 5) is 0. The van der Waals surface area contributed by atoms with Gasteiger partial charge in [0.25, 0.3) is 0 Å². The molecule has 0 radical (unpaired) electrons. The summed E-state index contributed by atoms with van der Waals surface area (Å²) in [6.07, 6.45) is 1.05. The molecule has 2 heterocycles. The summed E-state index contributed by atoms with van der Waals surface area (Å²) >= 11 is 1.75. The molecule has 0 amide bonds. The third kappa shape index (κ3) is 3.93. The van der Waals surface area contributed by atoms with Gasteiger partial charge in [-0.15, -0.1) is 0 Å². The molecular formula is C17H22FN3S. The van der Waals surface area contributed by atoms with Crippen LogP contribution in [0, 0.1) is 11.7 Å². The Morgan fingerprint density at radius 3 is 2.86 bits per heavy atom. The lowest BCUT2D eigenvalue weighted by atomic mass is 9.94. The first-order chi connectivity index (χ1) is 10.7. The molecule has 1 aliphatic rings. The number of hydrazine groups is 1. The average molecular weight is 319 g/mol. The fraction of sp³-hybridized carbons (Fsp3) is 0.412. The maximum absolute atomic E-state index is 13.1. The van der Waals surface area contributed by atoms with Crippen LogP contribution in [0.1, 0.15) is 24.1 Å². The Morgan fingerprint density at radius 1 is 1.32 bits per heavy atom. The van der Waals surface area contributed by atoms with Crippen LogP contribution in [0.15, 0.2) is 41.1 Å². The molecule has 1 aromatic heterocycles. The number of thiophene rings is 1. The van der Waals surface area contributed by atoms with Crippen molar-refractivity contribution in [2.24, 2.45) is 5.92 Å². The molecule has 5 heteroatoms. The normalized spacial score (nSPS) is 22.8. The van der Waals surface area contributed by atoms with Crippen molar-refractivity contribution in [3.8, 4) is 0 Å². The molecule has 3 unspecified atom stereocenters. The van der Waals surface area contributed by atoms with Gasteiger partial charge in [-0.05, 0) is 53.4 Å². The van der Waals surface area contributed by atoms with Crippen LogP contribution >= 0.6 is 11.3 Å². The molecule has 3 N–H and O–H groups in total. The third-order valence-corrected chi connectivity index (χ3v) is 4.90. The van der Waals surface area contributed by atoms with Crippen LogP contribution in [0.4, 0.5) is 4.39 Å². The highest BCUT2D eigenvalue weighted by Gasteiger charge is 2.28. The lowest BCUT2D eigenvalue weighted by Crippen LogP contribution is -2.35. The van der Waals surface area contributed by atoms with Gasteiger partial charge in [0, 0.05) is 25.0 Å². The van der Waals surface area contributed by atoms with Crippen molar-refractivity contribution >= 4 is 11.3 Å². The molecule has 0 aliphatic carbocycles. The fourth-order valence-corrected chi connectivity index (χ4v) is 3.62. The van der Waals surface area contributed by atoms with E-state index in [4.69, 9.17) is 0 Å². The van der Waals surface area contributed by atoms with Gasteiger partial charge in [0.05, 0.1) is 6.04 Å². The van der Waals surface area contributed by atoms with Crippen LogP contribution < -0.4 is 16.2 Å². The molecule has 3 atom stereocenters. The zero-order valence-corrected chi connectivity index (χ0v) is 13.5. The first-order valence-electron chi connectivity index (χ1n) is 7.70. The molecule has 0 spiro atoms. The number of halogens is 1. The van der Waals surface area contributed by atoms with Gasteiger partial charge in [0.15, 0.2) is 0 Å². The number of hydrogen-bond acceptors (Lipinski definition) is 4. The molecule has 3 nitrogen and oxygen atoms in total. The second-order valence-corrected chi connectivity index (χ2v) is 6.74. The molecule has 3 rings (SSSR count). The molecular weight excluding hydrogens is 297 g/mol. The van der Waals surface area contributed by atoms with E-state index < -0.39 is 0 Å². The summed E-state index contributed by atoms with van der Waals surface area (Å²) in [5.74, 6) is 0.268. The Hall–Kier alpha value is -1.27. The Labute approximate surface area is 134 Å². The predicted octanol–water partition coefficient (Wildman–Crippen LogP) is 2.87. The van der Waals surface area contributed by atoms with Gasteiger partial charge < -0.3 is 5.32 Å². The van der Waals surface area contributed by atoms with Crippen molar-refractivity contribution in [2.75, 3.05) is 13.1 Å². The lowest BCUT2D eigenvalue weighted by molar-refractivity contribution is 0.413. The van der Waals surface area contributed by atoms with Crippen LogP contribution in [-0.4, -0.2) is 19.1 Å². The maximum Gasteiger partial charge on any atom is 0.123 e. The van der Waals surface area contributed by atoms with Gasteiger partial charge >= 0.3 is 0 Å². The van der Waals surface area contributed by atoms with E-state index in [1.807, 2.05) is 12.1 Å². The Morgan fingerprint density at radius 2 is 2.14 bits per heavy atom. The molecule has 1 saturated heterocycles. The van der Waals surface area contributed by atoms with Crippen molar-refractivity contribution in [1.29, 1.82) is 0 Å². The first-order valence-corrected chi connectivity index (χ1v) is 8.65. The number of benzene rings is 1. The highest BCUT2D eigenvalue weighted by Crippen LogP contribution is 2.24. The summed E-state index contributed by atoms with van der Waals surface area (Å²) in [5, 5.41) is 7.95.